The molecule has 0 aliphatic heterocycles. The number of aliphatic carboxylic acids is 1. The van der Waals surface area contributed by atoms with Gasteiger partial charge in [-0.15, -0.1) is 0 Å². The van der Waals surface area contributed by atoms with E-state index in [9.17, 15) is 29.7 Å². The fourth-order valence-corrected chi connectivity index (χ4v) is 4.17. The van der Waals surface area contributed by atoms with Crippen LogP contribution in [0, 0.1) is 24.7 Å². The Kier molecular flexibility index (Phi) is 12.6. The van der Waals surface area contributed by atoms with Crippen LogP contribution in [-0.2, 0) is 20.8 Å². The minimum absolute atomic E-state index is 0. The van der Waals surface area contributed by atoms with Crippen LogP contribution in [0.25, 0.3) is 0 Å². The molecule has 1 aromatic rings. The number of aliphatic hydroxyl groups excluding tert-OH is 2. The molecular weight excluding hydrogens is 420 g/mol. The van der Waals surface area contributed by atoms with Crippen molar-refractivity contribution in [2.75, 3.05) is 13.2 Å². The Labute approximate surface area is 190 Å². The van der Waals surface area contributed by atoms with E-state index in [1.807, 2.05) is 6.92 Å². The van der Waals surface area contributed by atoms with Gasteiger partial charge in [0.05, 0.1) is 18.6 Å². The quantitative estimate of drug-likeness (QED) is 0.404. The van der Waals surface area contributed by atoms with E-state index in [2.05, 4.69) is 0 Å². The molecule has 6 N–H and O–H groups in total. The summed E-state index contributed by atoms with van der Waals surface area (Å²) in [6, 6.07) is 3.31. The maximum absolute atomic E-state index is 12.6. The van der Waals surface area contributed by atoms with Crippen LogP contribution in [0.2, 0.25) is 0 Å². The number of rotatable bonds is 9. The Hall–Kier alpha value is -2.62. The van der Waals surface area contributed by atoms with Gasteiger partial charge in [-0.1, -0.05) is 6.07 Å². The standard InChI is InChI=1S/C21H28O6.C2H4O2.H2O.2H2/c1-12-3-4-18(25)21-16(12)9-14(10-20(21)27)8-15(5-6-22)17(11-23)19(26)7-13(2)24;1-2(3)4;;;/h3-4,14-15,17,22-23,25H,5-11H2,1-2H3;1H3,(H,3,4);1H2;2*1H. The van der Waals surface area contributed by atoms with Crippen molar-refractivity contribution < 1.29 is 47.9 Å². The Bertz CT molecular complexity index is 823. The van der Waals surface area contributed by atoms with Gasteiger partial charge >= 0.3 is 0 Å². The maximum Gasteiger partial charge on any atom is 0.300 e. The molecule has 0 amide bonds. The number of carbonyl (C=O) groups excluding carboxylic acids is 3. The number of aromatic hydroxyl groups is 1. The lowest BCUT2D eigenvalue weighted by atomic mass is 9.73. The Morgan fingerprint density at radius 2 is 1.75 bits per heavy atom. The largest absolute Gasteiger partial charge is 0.507 e. The van der Waals surface area contributed by atoms with E-state index in [1.54, 1.807) is 6.07 Å². The first-order valence-electron chi connectivity index (χ1n) is 10.3. The molecule has 0 fully saturated rings. The van der Waals surface area contributed by atoms with Crippen LogP contribution in [0.5, 0.6) is 5.75 Å². The zero-order chi connectivity index (χ0) is 23.7. The molecule has 1 aliphatic carbocycles. The summed E-state index contributed by atoms with van der Waals surface area (Å²) >= 11 is 0. The third-order valence-corrected chi connectivity index (χ3v) is 5.51. The zero-order valence-electron chi connectivity index (χ0n) is 18.8. The summed E-state index contributed by atoms with van der Waals surface area (Å²) in [5, 5.41) is 36.6. The van der Waals surface area contributed by atoms with Crippen molar-refractivity contribution in [3.05, 3.63) is 28.8 Å². The third-order valence-electron chi connectivity index (χ3n) is 5.51. The summed E-state index contributed by atoms with van der Waals surface area (Å²) in [6.45, 7) is 3.80. The van der Waals surface area contributed by atoms with Crippen LogP contribution in [0.4, 0.5) is 0 Å². The molecule has 9 heteroatoms. The summed E-state index contributed by atoms with van der Waals surface area (Å²) in [7, 11) is 0. The fraction of sp³-hybridized carbons (Fsp3) is 0.565. The third kappa shape index (κ3) is 8.49. The predicted octanol–water partition coefficient (Wildman–Crippen LogP) is 1.75. The molecule has 1 aliphatic rings. The molecule has 0 spiro atoms. The lowest BCUT2D eigenvalue weighted by Gasteiger charge is -2.31. The van der Waals surface area contributed by atoms with E-state index in [0.717, 1.165) is 18.1 Å². The van der Waals surface area contributed by atoms with Crippen LogP contribution < -0.4 is 0 Å². The minimum atomic E-state index is -0.833. The van der Waals surface area contributed by atoms with Crippen molar-refractivity contribution in [2.24, 2.45) is 17.8 Å². The number of Topliss-reactive ketones (excluding diaryl/α,β-unsaturated/α-hetero) is 3. The van der Waals surface area contributed by atoms with Gasteiger partial charge < -0.3 is 25.9 Å². The lowest BCUT2D eigenvalue weighted by Crippen LogP contribution is -2.32. The van der Waals surface area contributed by atoms with Crippen molar-refractivity contribution in [1.82, 2.24) is 0 Å². The molecule has 0 saturated heterocycles. The first kappa shape index (κ1) is 29.4. The van der Waals surface area contributed by atoms with Crippen LogP contribution in [0.15, 0.2) is 12.1 Å². The van der Waals surface area contributed by atoms with Gasteiger partial charge in [0.25, 0.3) is 5.97 Å². The Balaban J connectivity index is -0.00000127. The van der Waals surface area contributed by atoms with Crippen LogP contribution in [0.1, 0.15) is 63.9 Å². The average Bonchev–Trinajstić information content (AvgIpc) is 2.64. The van der Waals surface area contributed by atoms with Gasteiger partial charge in [0, 0.05) is 28.7 Å². The number of phenols is 1. The van der Waals surface area contributed by atoms with E-state index in [-0.39, 0.29) is 69.3 Å². The van der Waals surface area contributed by atoms with Gasteiger partial charge in [-0.3, -0.25) is 19.2 Å². The van der Waals surface area contributed by atoms with Crippen molar-refractivity contribution in [3.63, 3.8) is 0 Å². The van der Waals surface area contributed by atoms with E-state index < -0.39 is 11.9 Å². The topological polar surface area (TPSA) is 181 Å². The summed E-state index contributed by atoms with van der Waals surface area (Å²) < 4.78 is 0. The summed E-state index contributed by atoms with van der Waals surface area (Å²) in [5.41, 5.74) is 2.15. The molecule has 0 radical (unpaired) electrons. The number of hydrogen-bond acceptors (Lipinski definition) is 7. The van der Waals surface area contributed by atoms with Crippen LogP contribution in [-0.4, -0.2) is 62.4 Å². The minimum Gasteiger partial charge on any atom is -0.507 e. The second kappa shape index (κ2) is 13.7. The smallest absolute Gasteiger partial charge is 0.300 e. The summed E-state index contributed by atoms with van der Waals surface area (Å²) in [6.07, 6.45) is 1.45. The van der Waals surface area contributed by atoms with E-state index in [0.29, 0.717) is 24.8 Å². The second-order valence-corrected chi connectivity index (χ2v) is 8.11. The van der Waals surface area contributed by atoms with Gasteiger partial charge in [-0.05, 0) is 62.1 Å². The highest BCUT2D eigenvalue weighted by molar-refractivity contribution is 6.01. The molecule has 184 valence electrons. The van der Waals surface area contributed by atoms with E-state index >= 15 is 0 Å². The molecule has 3 atom stereocenters. The highest BCUT2D eigenvalue weighted by atomic mass is 16.4. The monoisotopic (exact) mass is 458 g/mol. The fourth-order valence-electron chi connectivity index (χ4n) is 4.17. The molecule has 9 nitrogen and oxygen atoms in total. The van der Waals surface area contributed by atoms with Crippen LogP contribution in [0.3, 0.4) is 0 Å². The lowest BCUT2D eigenvalue weighted by molar-refractivity contribution is -0.134. The Morgan fingerprint density at radius 1 is 1.16 bits per heavy atom. The predicted molar refractivity (Wildman–Crippen MR) is 121 cm³/mol. The number of hydrogen-bond donors (Lipinski definition) is 4. The molecule has 0 saturated carbocycles. The highest BCUT2D eigenvalue weighted by Crippen LogP contribution is 2.37. The maximum atomic E-state index is 12.6. The SMILES string of the molecule is CC(=O)CC(=O)C(CO)C(CCO)CC1CC(=O)c2c(O)ccc(C)c2C1.CC(=O)O.O.[HH].[HH]. The molecule has 3 unspecified atom stereocenters. The molecule has 2 rings (SSSR count). The van der Waals surface area contributed by atoms with Crippen molar-refractivity contribution in [3.8, 4) is 5.75 Å². The van der Waals surface area contributed by atoms with Crippen molar-refractivity contribution >= 4 is 23.3 Å². The number of aryl methyl sites for hydroxylation is 1. The van der Waals surface area contributed by atoms with Gasteiger partial charge in [0.1, 0.15) is 17.3 Å². The number of benzene rings is 1. The molecule has 1 aromatic carbocycles. The van der Waals surface area contributed by atoms with Crippen molar-refractivity contribution in [1.29, 1.82) is 0 Å². The van der Waals surface area contributed by atoms with E-state index in [4.69, 9.17) is 9.90 Å². The number of carboxylic acid groups (broad SMARTS) is 1. The Morgan fingerprint density at radius 3 is 2.25 bits per heavy atom. The first-order chi connectivity index (χ1) is 14.5. The molecular formula is C23H38O9. The van der Waals surface area contributed by atoms with Gasteiger partial charge in [0.15, 0.2) is 5.78 Å². The number of ketones is 3. The summed E-state index contributed by atoms with van der Waals surface area (Å²) in [5.74, 6) is -2.60. The van der Waals surface area contributed by atoms with Gasteiger partial charge in [-0.2, -0.15) is 0 Å². The first-order valence-corrected chi connectivity index (χ1v) is 10.3. The number of phenolic OH excluding ortho intramolecular Hbond substituents is 1. The van der Waals surface area contributed by atoms with Gasteiger partial charge in [-0.25, -0.2) is 0 Å². The molecule has 0 bridgehead atoms. The van der Waals surface area contributed by atoms with Crippen LogP contribution >= 0.6 is 0 Å². The van der Waals surface area contributed by atoms with Crippen molar-refractivity contribution in [2.45, 2.75) is 52.9 Å². The second-order valence-electron chi connectivity index (χ2n) is 8.11. The van der Waals surface area contributed by atoms with E-state index in [1.165, 1.54) is 13.0 Å². The number of fused-ring (bicyclic) bond motifs is 1. The average molecular weight is 459 g/mol. The summed E-state index contributed by atoms with van der Waals surface area (Å²) in [4.78, 5) is 45.2. The number of carbonyl (C=O) groups is 4. The highest BCUT2D eigenvalue weighted by Gasteiger charge is 2.34. The number of aliphatic hydroxyl groups is 2. The molecule has 0 aromatic heterocycles. The zero-order valence-corrected chi connectivity index (χ0v) is 18.8. The normalized spacial score (nSPS) is 16.5. The number of carboxylic acids is 1. The molecule has 0 heterocycles. The van der Waals surface area contributed by atoms with Gasteiger partial charge in [0.2, 0.25) is 0 Å². The molecule has 32 heavy (non-hydrogen) atoms.